The lowest BCUT2D eigenvalue weighted by molar-refractivity contribution is -0.311. The minimum Gasteiger partial charge on any atom is -0.303 e. The fourth-order valence-corrected chi connectivity index (χ4v) is 1.31. The van der Waals surface area contributed by atoms with Crippen LogP contribution in [0.25, 0.3) is 0 Å². The monoisotopic (exact) mass is 225 g/mol. The van der Waals surface area contributed by atoms with E-state index in [2.05, 4.69) is 0 Å². The maximum absolute atomic E-state index is 9.98. The average Bonchev–Trinajstić information content (AvgIpc) is 2.66. The summed E-state index contributed by atoms with van der Waals surface area (Å²) in [6.07, 6.45) is 6.94. The number of nitrogens with zero attached hydrogens (tertiary/aromatic N) is 1. The normalized spacial score (nSPS) is 29.4. The summed E-state index contributed by atoms with van der Waals surface area (Å²) in [4.78, 5) is 19.6. The molecule has 0 aromatic heterocycles. The molecule has 1 fully saturated rings. The van der Waals surface area contributed by atoms with Gasteiger partial charge in [0.2, 0.25) is 0 Å². The highest BCUT2D eigenvalue weighted by molar-refractivity contribution is 5.64. The third kappa shape index (κ3) is 4.11. The number of carbonyl (C=O) groups excluding carboxylic acids is 1. The minimum absolute atomic E-state index is 0.472. The average molecular weight is 225 g/mol. The fourth-order valence-electron chi connectivity index (χ4n) is 1.31. The van der Waals surface area contributed by atoms with E-state index in [1.807, 2.05) is 12.1 Å². The number of unbranched alkanes of at least 4 members (excludes halogenated alkanes) is 2. The van der Waals surface area contributed by atoms with Gasteiger partial charge in [0.15, 0.2) is 6.29 Å². The van der Waals surface area contributed by atoms with Crippen LogP contribution in [-0.4, -0.2) is 18.4 Å². The van der Waals surface area contributed by atoms with Crippen molar-refractivity contribution in [2.45, 2.75) is 44.7 Å². The van der Waals surface area contributed by atoms with E-state index in [-0.39, 0.29) is 0 Å². The minimum atomic E-state index is -1.28. The summed E-state index contributed by atoms with van der Waals surface area (Å²) in [7, 11) is 0. The van der Waals surface area contributed by atoms with Crippen molar-refractivity contribution < 1.29 is 19.3 Å². The fraction of sp³-hybridized carbons (Fsp3) is 0.636. The Morgan fingerprint density at radius 1 is 1.50 bits per heavy atom. The molecule has 0 amide bonds. The molecule has 0 aromatic rings. The quantitative estimate of drug-likeness (QED) is 0.298. The van der Waals surface area contributed by atoms with Crippen LogP contribution >= 0.6 is 0 Å². The molecule has 2 unspecified atom stereocenters. The molecule has 1 saturated heterocycles. The summed E-state index contributed by atoms with van der Waals surface area (Å²) in [5.74, 6) is -1.28. The Labute approximate surface area is 94.5 Å². The zero-order chi connectivity index (χ0) is 11.9. The number of aldehydes is 1. The first kappa shape index (κ1) is 12.8. The summed E-state index contributed by atoms with van der Waals surface area (Å²) in [5, 5.41) is 8.69. The lowest BCUT2D eigenvalue weighted by atomic mass is 10.2. The Hall–Kier alpha value is -1.22. The van der Waals surface area contributed by atoms with E-state index < -0.39 is 12.1 Å². The van der Waals surface area contributed by atoms with Gasteiger partial charge in [-0.2, -0.15) is 10.1 Å². The molecular weight excluding hydrogens is 210 g/mol. The van der Waals surface area contributed by atoms with Gasteiger partial charge in [-0.3, -0.25) is 4.79 Å². The SMILES string of the molecule is CC1(C#N)OOC(CCCC/C=C/C=O)O1. The zero-order valence-electron chi connectivity index (χ0n) is 9.22. The molecule has 1 aliphatic rings. The topological polar surface area (TPSA) is 68.5 Å². The van der Waals surface area contributed by atoms with Crippen molar-refractivity contribution in [2.24, 2.45) is 0 Å². The lowest BCUT2D eigenvalue weighted by Crippen LogP contribution is -2.23. The number of allylic oxidation sites excluding steroid dienone is 2. The summed E-state index contributed by atoms with van der Waals surface area (Å²) in [6.45, 7) is 1.51. The molecule has 0 aromatic carbocycles. The Kier molecular flexibility index (Phi) is 5.12. The van der Waals surface area contributed by atoms with E-state index in [0.717, 1.165) is 25.5 Å². The van der Waals surface area contributed by atoms with Crippen molar-refractivity contribution in [3.63, 3.8) is 0 Å². The standard InChI is InChI=1S/C11H15NO4/c1-11(9-12)14-10(15-16-11)7-5-3-2-4-6-8-13/h4,6,8,10H,2-3,5,7H2,1H3/b6-4+. The van der Waals surface area contributed by atoms with E-state index in [9.17, 15) is 4.79 Å². The number of rotatable bonds is 6. The smallest absolute Gasteiger partial charge is 0.288 e. The summed E-state index contributed by atoms with van der Waals surface area (Å²) in [6, 6.07) is 1.87. The van der Waals surface area contributed by atoms with E-state index >= 15 is 0 Å². The third-order valence-corrected chi connectivity index (χ3v) is 2.15. The summed E-state index contributed by atoms with van der Waals surface area (Å²) < 4.78 is 5.25. The molecule has 16 heavy (non-hydrogen) atoms. The van der Waals surface area contributed by atoms with Crippen LogP contribution in [0.5, 0.6) is 0 Å². The van der Waals surface area contributed by atoms with Crippen molar-refractivity contribution in [3.8, 4) is 6.07 Å². The Morgan fingerprint density at radius 3 is 2.94 bits per heavy atom. The molecule has 0 N–H and O–H groups in total. The molecule has 5 heteroatoms. The zero-order valence-corrected chi connectivity index (χ0v) is 9.22. The second-order valence-electron chi connectivity index (χ2n) is 3.63. The van der Waals surface area contributed by atoms with Gasteiger partial charge in [0, 0.05) is 13.3 Å². The van der Waals surface area contributed by atoms with E-state index in [4.69, 9.17) is 19.8 Å². The van der Waals surface area contributed by atoms with Crippen LogP contribution in [-0.2, 0) is 19.3 Å². The van der Waals surface area contributed by atoms with Gasteiger partial charge in [-0.1, -0.05) is 6.08 Å². The van der Waals surface area contributed by atoms with Crippen LogP contribution in [0, 0.1) is 11.3 Å². The summed E-state index contributed by atoms with van der Waals surface area (Å²) in [5.41, 5.74) is 0. The largest absolute Gasteiger partial charge is 0.303 e. The molecule has 88 valence electrons. The highest BCUT2D eigenvalue weighted by Gasteiger charge is 2.39. The molecule has 5 nitrogen and oxygen atoms in total. The highest BCUT2D eigenvalue weighted by atomic mass is 17.3. The summed E-state index contributed by atoms with van der Waals surface area (Å²) >= 11 is 0. The number of hydrogen-bond acceptors (Lipinski definition) is 5. The Morgan fingerprint density at radius 2 is 2.31 bits per heavy atom. The third-order valence-electron chi connectivity index (χ3n) is 2.15. The van der Waals surface area contributed by atoms with Crippen LogP contribution in [0.1, 0.15) is 32.6 Å². The number of hydrogen-bond donors (Lipinski definition) is 0. The molecular formula is C11H15NO4. The molecule has 0 aliphatic carbocycles. The van der Waals surface area contributed by atoms with Crippen molar-refractivity contribution in [1.29, 1.82) is 5.26 Å². The molecule has 1 heterocycles. The van der Waals surface area contributed by atoms with Gasteiger partial charge >= 0.3 is 0 Å². The Balaban J connectivity index is 2.10. The van der Waals surface area contributed by atoms with Crippen LogP contribution in [0.15, 0.2) is 12.2 Å². The van der Waals surface area contributed by atoms with Crippen LogP contribution in [0.2, 0.25) is 0 Å². The van der Waals surface area contributed by atoms with Gasteiger partial charge in [0.25, 0.3) is 5.79 Å². The first-order valence-corrected chi connectivity index (χ1v) is 5.24. The maximum Gasteiger partial charge on any atom is 0.288 e. The molecule has 2 atom stereocenters. The first-order valence-electron chi connectivity index (χ1n) is 5.24. The predicted molar refractivity (Wildman–Crippen MR) is 54.7 cm³/mol. The van der Waals surface area contributed by atoms with Crippen molar-refractivity contribution >= 4 is 6.29 Å². The van der Waals surface area contributed by atoms with Crippen LogP contribution in [0.4, 0.5) is 0 Å². The van der Waals surface area contributed by atoms with E-state index in [1.54, 1.807) is 0 Å². The highest BCUT2D eigenvalue weighted by Crippen LogP contribution is 2.26. The second kappa shape index (κ2) is 6.38. The number of carbonyl (C=O) groups is 1. The van der Waals surface area contributed by atoms with Crippen molar-refractivity contribution in [1.82, 2.24) is 0 Å². The molecule has 0 spiro atoms. The number of nitriles is 1. The van der Waals surface area contributed by atoms with Crippen LogP contribution in [0.3, 0.4) is 0 Å². The van der Waals surface area contributed by atoms with Crippen LogP contribution < -0.4 is 0 Å². The Bertz CT molecular complexity index is 297. The second-order valence-corrected chi connectivity index (χ2v) is 3.63. The molecule has 0 saturated carbocycles. The molecule has 0 bridgehead atoms. The molecule has 1 aliphatic heterocycles. The van der Waals surface area contributed by atoms with Crippen molar-refractivity contribution in [3.05, 3.63) is 12.2 Å². The van der Waals surface area contributed by atoms with E-state index in [0.29, 0.717) is 6.42 Å². The first-order chi connectivity index (χ1) is 7.70. The van der Waals surface area contributed by atoms with Gasteiger partial charge in [0.1, 0.15) is 12.4 Å². The molecule has 0 radical (unpaired) electrons. The van der Waals surface area contributed by atoms with Gasteiger partial charge < -0.3 is 4.74 Å². The molecule has 1 rings (SSSR count). The number of ether oxygens (including phenoxy) is 1. The van der Waals surface area contributed by atoms with Gasteiger partial charge in [-0.15, -0.1) is 0 Å². The lowest BCUT2D eigenvalue weighted by Gasteiger charge is -2.09. The van der Waals surface area contributed by atoms with Crippen molar-refractivity contribution in [2.75, 3.05) is 0 Å². The maximum atomic E-state index is 9.98. The van der Waals surface area contributed by atoms with Gasteiger partial charge in [-0.05, 0) is 25.3 Å². The van der Waals surface area contributed by atoms with E-state index in [1.165, 1.54) is 13.0 Å². The predicted octanol–water partition coefficient (Wildman–Crippen LogP) is 1.85. The van der Waals surface area contributed by atoms with Gasteiger partial charge in [-0.25, -0.2) is 4.89 Å². The van der Waals surface area contributed by atoms with Gasteiger partial charge in [0.05, 0.1) is 0 Å².